The van der Waals surface area contributed by atoms with Gasteiger partial charge in [0.25, 0.3) is 0 Å². The van der Waals surface area contributed by atoms with Crippen molar-refractivity contribution < 1.29 is 19.1 Å². The van der Waals surface area contributed by atoms with Crippen LogP contribution in [-0.4, -0.2) is 53.8 Å². The molecule has 2 amide bonds. The monoisotopic (exact) mass is 395 g/mol. The summed E-state index contributed by atoms with van der Waals surface area (Å²) in [6.07, 6.45) is 4.81. The van der Waals surface area contributed by atoms with E-state index in [1.165, 1.54) is 12.0 Å². The predicted octanol–water partition coefficient (Wildman–Crippen LogP) is 1.07. The van der Waals surface area contributed by atoms with Crippen molar-refractivity contribution >= 4 is 29.4 Å². The number of hydrogen-bond donors (Lipinski definition) is 2. The van der Waals surface area contributed by atoms with Crippen LogP contribution in [0.3, 0.4) is 0 Å². The number of ether oxygens (including phenoxy) is 1. The van der Waals surface area contributed by atoms with Gasteiger partial charge in [0.15, 0.2) is 0 Å². The zero-order valence-corrected chi connectivity index (χ0v) is 16.6. The number of carbonyl (C=O) groups excluding carboxylic acids is 3. The molecule has 0 bridgehead atoms. The van der Waals surface area contributed by atoms with Crippen molar-refractivity contribution in [2.24, 2.45) is 17.1 Å². The highest BCUT2D eigenvalue weighted by molar-refractivity contribution is 6.22. The lowest BCUT2D eigenvalue weighted by molar-refractivity contribution is -0.151. The topological polar surface area (TPSA) is 102 Å². The van der Waals surface area contributed by atoms with Crippen LogP contribution in [0.25, 0.3) is 0 Å². The normalized spacial score (nSPS) is 30.7. The molecule has 4 atom stereocenters. The van der Waals surface area contributed by atoms with E-state index in [0.29, 0.717) is 12.8 Å². The largest absolute Gasteiger partial charge is 0.467 e. The fourth-order valence-corrected chi connectivity index (χ4v) is 4.54. The summed E-state index contributed by atoms with van der Waals surface area (Å²) in [5.74, 6) is -0.828. The van der Waals surface area contributed by atoms with Gasteiger partial charge in [-0.1, -0.05) is 19.9 Å². The van der Waals surface area contributed by atoms with Crippen molar-refractivity contribution in [1.82, 2.24) is 10.2 Å². The van der Waals surface area contributed by atoms with Gasteiger partial charge in [0.2, 0.25) is 11.8 Å². The molecule has 0 saturated carbocycles. The van der Waals surface area contributed by atoms with Crippen molar-refractivity contribution in [2.75, 3.05) is 13.7 Å². The van der Waals surface area contributed by atoms with Gasteiger partial charge in [-0.15, -0.1) is 11.6 Å². The molecule has 3 rings (SSSR count). The number of halogens is 1. The lowest BCUT2D eigenvalue weighted by Crippen LogP contribution is -2.49. The van der Waals surface area contributed by atoms with Crippen molar-refractivity contribution in [2.45, 2.75) is 50.6 Å². The fraction of sp³-hybridized carbons (Fsp3) is 0.632. The number of methoxy groups -OCH3 is 1. The molecule has 0 radical (unpaired) electrons. The molecule has 1 saturated heterocycles. The Labute approximate surface area is 163 Å². The summed E-state index contributed by atoms with van der Waals surface area (Å²) in [6.45, 7) is 4.07. The zero-order chi connectivity index (χ0) is 19.9. The van der Waals surface area contributed by atoms with Gasteiger partial charge in [-0.3, -0.25) is 9.59 Å². The number of rotatable bonds is 4. The van der Waals surface area contributed by atoms with E-state index in [1.54, 1.807) is 6.08 Å². The third-order valence-electron chi connectivity index (χ3n) is 5.61. The molecule has 8 heteroatoms. The van der Waals surface area contributed by atoms with Crippen LogP contribution in [0.2, 0.25) is 0 Å². The molecule has 148 valence electrons. The number of nitrogens with one attached hydrogen (secondary N) is 1. The molecule has 3 N–H and O–H groups in total. The number of esters is 1. The molecule has 3 aliphatic rings. The first-order chi connectivity index (χ1) is 12.7. The molecule has 0 aromatic rings. The molecular weight excluding hydrogens is 370 g/mol. The third kappa shape index (κ3) is 3.38. The van der Waals surface area contributed by atoms with E-state index in [0.717, 1.165) is 11.3 Å². The minimum atomic E-state index is -0.959. The minimum Gasteiger partial charge on any atom is -0.467 e. The smallest absolute Gasteiger partial charge is 0.328 e. The number of likely N-dealkylation sites (tertiary alicyclic amines) is 1. The van der Waals surface area contributed by atoms with Gasteiger partial charge in [0, 0.05) is 12.2 Å². The Hall–Kier alpha value is -1.86. The van der Waals surface area contributed by atoms with E-state index in [2.05, 4.69) is 5.32 Å². The third-order valence-corrected chi connectivity index (χ3v) is 5.91. The summed E-state index contributed by atoms with van der Waals surface area (Å²) < 4.78 is 4.91. The molecule has 0 aromatic carbocycles. The van der Waals surface area contributed by atoms with E-state index >= 15 is 0 Å². The highest BCUT2D eigenvalue weighted by Gasteiger charge is 2.59. The fourth-order valence-electron chi connectivity index (χ4n) is 4.31. The SMILES string of the molecule is COC(=O)C1C[C@@]2(CN1C(=O)[C@@H](N)CC(C)C)C(=O)NC1=C2CC(Cl)C=C1. The van der Waals surface area contributed by atoms with Crippen molar-refractivity contribution in [3.8, 4) is 0 Å². The molecule has 27 heavy (non-hydrogen) atoms. The number of amides is 2. The van der Waals surface area contributed by atoms with Gasteiger partial charge < -0.3 is 20.7 Å². The number of alkyl halides is 1. The van der Waals surface area contributed by atoms with E-state index in [1.807, 2.05) is 19.9 Å². The first-order valence-electron chi connectivity index (χ1n) is 9.21. The number of fused-ring (bicyclic) bond motifs is 1. The average Bonchev–Trinajstić information content (AvgIpc) is 3.13. The van der Waals surface area contributed by atoms with Crippen molar-refractivity contribution in [3.05, 3.63) is 23.4 Å². The highest BCUT2D eigenvalue weighted by Crippen LogP contribution is 2.49. The van der Waals surface area contributed by atoms with Crippen LogP contribution in [0, 0.1) is 11.3 Å². The Morgan fingerprint density at radius 3 is 2.81 bits per heavy atom. The van der Waals surface area contributed by atoms with Crippen LogP contribution in [0.5, 0.6) is 0 Å². The molecule has 2 unspecified atom stereocenters. The maximum atomic E-state index is 13.0. The molecule has 2 heterocycles. The quantitative estimate of drug-likeness (QED) is 0.547. The van der Waals surface area contributed by atoms with Gasteiger partial charge >= 0.3 is 5.97 Å². The Morgan fingerprint density at radius 1 is 1.48 bits per heavy atom. The molecular formula is C19H26ClN3O4. The Bertz CT molecular complexity index is 732. The van der Waals surface area contributed by atoms with E-state index in [9.17, 15) is 14.4 Å². The number of allylic oxidation sites excluding steroid dienone is 2. The maximum absolute atomic E-state index is 13.0. The first-order valence-corrected chi connectivity index (χ1v) is 9.64. The first kappa shape index (κ1) is 19.9. The van der Waals surface area contributed by atoms with E-state index in [4.69, 9.17) is 22.1 Å². The molecule has 1 fully saturated rings. The number of nitrogens with zero attached hydrogens (tertiary/aromatic N) is 1. The lowest BCUT2D eigenvalue weighted by Gasteiger charge is -2.28. The van der Waals surface area contributed by atoms with Gasteiger partial charge in [-0.05, 0) is 36.8 Å². The number of carbonyl (C=O) groups is 3. The molecule has 0 aromatic heterocycles. The van der Waals surface area contributed by atoms with Gasteiger partial charge in [-0.25, -0.2) is 4.79 Å². The zero-order valence-electron chi connectivity index (χ0n) is 15.8. The van der Waals surface area contributed by atoms with Crippen LogP contribution >= 0.6 is 11.6 Å². The molecule has 7 nitrogen and oxygen atoms in total. The highest BCUT2D eigenvalue weighted by atomic mass is 35.5. The van der Waals surface area contributed by atoms with Crippen LogP contribution in [-0.2, 0) is 19.1 Å². The van der Waals surface area contributed by atoms with Crippen LogP contribution in [0.1, 0.15) is 33.1 Å². The van der Waals surface area contributed by atoms with Crippen LogP contribution < -0.4 is 11.1 Å². The summed E-state index contributed by atoms with van der Waals surface area (Å²) in [5, 5.41) is 2.66. The Kier molecular flexibility index (Phi) is 5.36. The second-order valence-electron chi connectivity index (χ2n) is 7.95. The predicted molar refractivity (Wildman–Crippen MR) is 101 cm³/mol. The molecule has 1 aliphatic carbocycles. The number of nitrogens with two attached hydrogens (primary N) is 1. The molecule has 1 spiro atoms. The molecule has 2 aliphatic heterocycles. The summed E-state index contributed by atoms with van der Waals surface area (Å²) >= 11 is 6.27. The summed E-state index contributed by atoms with van der Waals surface area (Å²) in [5.41, 5.74) is 6.71. The second kappa shape index (κ2) is 7.28. The second-order valence-corrected chi connectivity index (χ2v) is 8.51. The summed E-state index contributed by atoms with van der Waals surface area (Å²) in [7, 11) is 1.28. The Morgan fingerprint density at radius 2 is 2.19 bits per heavy atom. The minimum absolute atomic E-state index is 0.111. The van der Waals surface area contributed by atoms with Crippen LogP contribution in [0.4, 0.5) is 0 Å². The standard InChI is InChI=1S/C19H26ClN3O4/c1-10(2)6-13(21)16(24)23-9-19(8-15(23)17(25)27-3)12-7-11(20)4-5-14(12)22-18(19)26/h4-5,10-11,13,15H,6-9,21H2,1-3H3,(H,22,26)/t11?,13-,15?,19-/m0/s1. The van der Waals surface area contributed by atoms with Crippen molar-refractivity contribution in [3.63, 3.8) is 0 Å². The lowest BCUT2D eigenvalue weighted by atomic mass is 9.76. The van der Waals surface area contributed by atoms with Gasteiger partial charge in [0.05, 0.1) is 23.9 Å². The van der Waals surface area contributed by atoms with E-state index < -0.39 is 23.5 Å². The summed E-state index contributed by atoms with van der Waals surface area (Å²) in [4.78, 5) is 39.7. The average molecular weight is 396 g/mol. The Balaban J connectivity index is 1.95. The van der Waals surface area contributed by atoms with E-state index in [-0.39, 0.29) is 36.1 Å². The van der Waals surface area contributed by atoms with Crippen molar-refractivity contribution in [1.29, 1.82) is 0 Å². The van der Waals surface area contributed by atoms with Gasteiger partial charge in [-0.2, -0.15) is 0 Å². The van der Waals surface area contributed by atoms with Crippen LogP contribution in [0.15, 0.2) is 23.4 Å². The van der Waals surface area contributed by atoms with Gasteiger partial charge in [0.1, 0.15) is 6.04 Å². The maximum Gasteiger partial charge on any atom is 0.328 e. The summed E-state index contributed by atoms with van der Waals surface area (Å²) in [6, 6.07) is -1.56. The number of hydrogen-bond acceptors (Lipinski definition) is 5.